The van der Waals surface area contributed by atoms with E-state index in [2.05, 4.69) is 99.8 Å². The smallest absolute Gasteiger partial charge is 0.306 e. The molecule has 0 rings (SSSR count). The maximum atomic E-state index is 12.8. The molecule has 0 N–H and O–H groups in total. The van der Waals surface area contributed by atoms with Crippen molar-refractivity contribution in [3.05, 3.63) is 146 Å². The number of unbranched alkanes of at least 4 members (excludes halogenated alkanes) is 13. The molecule has 0 aromatic carbocycles. The van der Waals surface area contributed by atoms with E-state index >= 15 is 0 Å². The molecule has 1 unspecified atom stereocenters. The van der Waals surface area contributed by atoms with Crippen LogP contribution in [0.4, 0.5) is 0 Å². The van der Waals surface area contributed by atoms with Crippen LogP contribution in [0.25, 0.3) is 0 Å². The third kappa shape index (κ3) is 50.2. The number of allylic oxidation sites excluding steroid dienone is 24. The topological polar surface area (TPSA) is 78.9 Å². The number of carbonyl (C=O) groups is 3. The normalized spacial score (nSPS) is 13.3. The molecule has 362 valence electrons. The number of hydrogen-bond acceptors (Lipinski definition) is 6. The Balaban J connectivity index is 4.63. The summed E-state index contributed by atoms with van der Waals surface area (Å²) in [6.45, 7) is 6.20. The number of carbonyl (C=O) groups excluding carboxylic acids is 3. The van der Waals surface area contributed by atoms with Gasteiger partial charge in [-0.1, -0.05) is 224 Å². The quantitative estimate of drug-likeness (QED) is 0.0199. The van der Waals surface area contributed by atoms with Crippen LogP contribution in [-0.4, -0.2) is 37.2 Å². The molecule has 0 aliphatic heterocycles. The molecule has 0 aliphatic carbocycles. The predicted octanol–water partition coefficient (Wildman–Crippen LogP) is 16.9. The molecule has 0 bridgehead atoms. The fourth-order valence-electron chi connectivity index (χ4n) is 6.22. The molecule has 0 radical (unpaired) electrons. The Morgan fingerprint density at radius 2 is 0.723 bits per heavy atom. The molecule has 0 spiro atoms. The van der Waals surface area contributed by atoms with Crippen molar-refractivity contribution >= 4 is 17.9 Å². The van der Waals surface area contributed by atoms with Gasteiger partial charge in [-0.25, -0.2) is 0 Å². The van der Waals surface area contributed by atoms with Crippen LogP contribution < -0.4 is 0 Å². The van der Waals surface area contributed by atoms with Crippen molar-refractivity contribution in [3.63, 3.8) is 0 Å². The minimum atomic E-state index is -0.859. The van der Waals surface area contributed by atoms with Crippen molar-refractivity contribution in [3.8, 4) is 0 Å². The predicted molar refractivity (Wildman–Crippen MR) is 279 cm³/mol. The summed E-state index contributed by atoms with van der Waals surface area (Å²) in [5.74, 6) is -1.13. The van der Waals surface area contributed by atoms with Crippen LogP contribution in [0.2, 0.25) is 0 Å². The summed E-state index contributed by atoms with van der Waals surface area (Å²) in [7, 11) is 0. The summed E-state index contributed by atoms with van der Waals surface area (Å²) < 4.78 is 16.6. The molecule has 1 atom stereocenters. The zero-order chi connectivity index (χ0) is 47.2. The minimum absolute atomic E-state index is 0.145. The highest BCUT2D eigenvalue weighted by atomic mass is 16.6. The maximum Gasteiger partial charge on any atom is 0.306 e. The van der Waals surface area contributed by atoms with E-state index in [0.29, 0.717) is 19.3 Å². The monoisotopic (exact) mass is 895 g/mol. The first kappa shape index (κ1) is 60.3. The Kier molecular flexibility index (Phi) is 48.2. The summed E-state index contributed by atoms with van der Waals surface area (Å²) in [5.41, 5.74) is 0. The fourth-order valence-corrected chi connectivity index (χ4v) is 6.22. The molecule has 0 amide bonds. The largest absolute Gasteiger partial charge is 0.462 e. The summed E-state index contributed by atoms with van der Waals surface area (Å²) in [5, 5.41) is 0. The van der Waals surface area contributed by atoms with Crippen LogP contribution in [0.3, 0.4) is 0 Å². The molecule has 6 heteroatoms. The van der Waals surface area contributed by atoms with Crippen molar-refractivity contribution in [2.75, 3.05) is 13.2 Å². The van der Waals surface area contributed by atoms with Crippen molar-refractivity contribution in [1.29, 1.82) is 0 Å². The Morgan fingerprint density at radius 1 is 0.338 bits per heavy atom. The van der Waals surface area contributed by atoms with Crippen molar-refractivity contribution in [2.45, 2.75) is 194 Å². The van der Waals surface area contributed by atoms with Gasteiger partial charge in [0.1, 0.15) is 13.2 Å². The first-order valence-electron chi connectivity index (χ1n) is 25.4. The molecule has 0 aromatic heterocycles. The lowest BCUT2D eigenvalue weighted by molar-refractivity contribution is -0.166. The lowest BCUT2D eigenvalue weighted by Crippen LogP contribution is -2.30. The first-order valence-corrected chi connectivity index (χ1v) is 25.4. The number of hydrogen-bond donors (Lipinski definition) is 0. The van der Waals surface area contributed by atoms with E-state index in [0.717, 1.165) is 83.5 Å². The van der Waals surface area contributed by atoms with E-state index in [1.165, 1.54) is 51.4 Å². The first-order chi connectivity index (χ1) is 32.0. The van der Waals surface area contributed by atoms with Gasteiger partial charge in [-0.3, -0.25) is 14.4 Å². The van der Waals surface area contributed by atoms with Crippen LogP contribution >= 0.6 is 0 Å². The number of esters is 3. The molecular weight excluding hydrogens is 805 g/mol. The Bertz CT molecular complexity index is 1490. The van der Waals surface area contributed by atoms with Gasteiger partial charge in [0.15, 0.2) is 6.10 Å². The van der Waals surface area contributed by atoms with Crippen molar-refractivity contribution in [1.82, 2.24) is 0 Å². The molecule has 65 heavy (non-hydrogen) atoms. The van der Waals surface area contributed by atoms with E-state index in [9.17, 15) is 14.4 Å². The zero-order valence-electron chi connectivity index (χ0n) is 41.2. The Morgan fingerprint density at radius 3 is 1.23 bits per heavy atom. The third-order valence-corrected chi connectivity index (χ3v) is 9.98. The number of rotatable bonds is 43. The van der Waals surface area contributed by atoms with Crippen LogP contribution in [0.1, 0.15) is 188 Å². The third-order valence-electron chi connectivity index (χ3n) is 9.98. The van der Waals surface area contributed by atoms with E-state index in [1.807, 2.05) is 66.8 Å². The molecular formula is C59H90O6. The molecule has 0 heterocycles. The van der Waals surface area contributed by atoms with Gasteiger partial charge in [-0.15, -0.1) is 0 Å². The van der Waals surface area contributed by atoms with Gasteiger partial charge in [-0.2, -0.15) is 0 Å². The summed E-state index contributed by atoms with van der Waals surface area (Å²) in [6.07, 6.45) is 74.2. The van der Waals surface area contributed by atoms with Crippen LogP contribution in [-0.2, 0) is 28.6 Å². The van der Waals surface area contributed by atoms with Gasteiger partial charge in [0.2, 0.25) is 0 Å². The Hall–Kier alpha value is -4.71. The summed E-state index contributed by atoms with van der Waals surface area (Å²) in [4.78, 5) is 37.9. The summed E-state index contributed by atoms with van der Waals surface area (Å²) >= 11 is 0. The van der Waals surface area contributed by atoms with E-state index in [4.69, 9.17) is 14.2 Å². The van der Waals surface area contributed by atoms with Gasteiger partial charge in [0.25, 0.3) is 0 Å². The van der Waals surface area contributed by atoms with Crippen molar-refractivity contribution in [2.24, 2.45) is 0 Å². The van der Waals surface area contributed by atoms with E-state index in [1.54, 1.807) is 0 Å². The second-order valence-corrected chi connectivity index (χ2v) is 16.1. The average molecular weight is 895 g/mol. The Labute approximate surface area is 397 Å². The molecule has 0 aromatic rings. The van der Waals surface area contributed by atoms with E-state index < -0.39 is 12.1 Å². The lowest BCUT2D eigenvalue weighted by atomic mass is 10.1. The van der Waals surface area contributed by atoms with Gasteiger partial charge < -0.3 is 14.2 Å². The zero-order valence-corrected chi connectivity index (χ0v) is 41.2. The molecule has 0 saturated carbocycles. The second kappa shape index (κ2) is 51.9. The van der Waals surface area contributed by atoms with Crippen LogP contribution in [0, 0.1) is 0 Å². The minimum Gasteiger partial charge on any atom is -0.462 e. The van der Waals surface area contributed by atoms with Gasteiger partial charge in [0.05, 0.1) is 0 Å². The van der Waals surface area contributed by atoms with Gasteiger partial charge in [0, 0.05) is 19.3 Å². The molecule has 6 nitrogen and oxygen atoms in total. The number of ether oxygens (including phenoxy) is 3. The SMILES string of the molecule is CC/C=C/C=C/C=C/C=C/C=C/CCCC(=O)OCC(COC(=O)CCCCCCC/C=C/C=C/CCCCCCCCC)OC(=O)CC/C=C/C/C=C/C/C=C/C/C=C/C/C=C/CC. The highest BCUT2D eigenvalue weighted by Crippen LogP contribution is 2.11. The molecule has 0 fully saturated rings. The molecule has 0 saturated heterocycles. The van der Waals surface area contributed by atoms with Crippen LogP contribution in [0.15, 0.2) is 146 Å². The van der Waals surface area contributed by atoms with Crippen molar-refractivity contribution < 1.29 is 28.6 Å². The van der Waals surface area contributed by atoms with Gasteiger partial charge >= 0.3 is 17.9 Å². The van der Waals surface area contributed by atoms with Gasteiger partial charge in [-0.05, 0) is 89.9 Å². The highest BCUT2D eigenvalue weighted by molar-refractivity contribution is 5.71. The van der Waals surface area contributed by atoms with Crippen LogP contribution in [0.5, 0.6) is 0 Å². The highest BCUT2D eigenvalue weighted by Gasteiger charge is 2.19. The fraction of sp³-hybridized carbons (Fsp3) is 0.542. The standard InChI is InChI=1S/C59H90O6/c1-4-7-10-13-16-19-22-25-27-29-30-32-34-37-40-43-46-49-52-58(61)64-55-56(54-63-57(60)51-48-45-42-39-36-33-24-21-18-15-12-9-6-3)65-59(62)53-50-47-44-41-38-35-31-28-26-23-20-17-14-11-8-5-2/h8-9,11-12,15,17-18,20-21,24,26-30,32-33,35-36,38-39,42,44,47,56H,4-7,10,13-14,16,19,22-23,25,31,34,37,40-41,43,45-46,48-55H2,1-3H3/b11-8+,12-9+,18-15+,20-17+,24-21+,28-26+,29-27+,32-30+,36-33+,38-35+,42-39+,47-44+. The second-order valence-electron chi connectivity index (χ2n) is 16.1. The molecule has 0 aliphatic rings. The lowest BCUT2D eigenvalue weighted by Gasteiger charge is -2.18. The summed E-state index contributed by atoms with van der Waals surface area (Å²) in [6, 6.07) is 0. The average Bonchev–Trinajstić information content (AvgIpc) is 3.30. The van der Waals surface area contributed by atoms with E-state index in [-0.39, 0.29) is 38.0 Å². The maximum absolute atomic E-state index is 12.8.